The zero-order valence-corrected chi connectivity index (χ0v) is 9.63. The predicted molar refractivity (Wildman–Crippen MR) is 59.0 cm³/mol. The lowest BCUT2D eigenvalue weighted by Crippen LogP contribution is -2.35. The molecule has 17 heavy (non-hydrogen) atoms. The fourth-order valence-corrected chi connectivity index (χ4v) is 2.08. The van der Waals surface area contributed by atoms with E-state index in [1.807, 2.05) is 0 Å². The van der Waals surface area contributed by atoms with Crippen molar-refractivity contribution in [2.45, 2.75) is 12.1 Å². The van der Waals surface area contributed by atoms with Gasteiger partial charge in [0.25, 0.3) is 0 Å². The Morgan fingerprint density at radius 3 is 2.41 bits per heavy atom. The van der Waals surface area contributed by atoms with E-state index in [1.54, 1.807) is 30.3 Å². The van der Waals surface area contributed by atoms with Crippen LogP contribution in [0.3, 0.4) is 0 Å². The molecule has 2 atom stereocenters. The minimum absolute atomic E-state index is 0.346. The lowest BCUT2D eigenvalue weighted by Gasteiger charge is -2.23. The maximum atomic E-state index is 10.6. The number of hydrogen-bond donors (Lipinski definition) is 2. The van der Waals surface area contributed by atoms with Gasteiger partial charge in [0.05, 0.1) is 28.0 Å². The highest BCUT2D eigenvalue weighted by Gasteiger charge is 2.22. The van der Waals surface area contributed by atoms with Gasteiger partial charge in [0.15, 0.2) is 0 Å². The van der Waals surface area contributed by atoms with Crippen molar-refractivity contribution in [3.05, 3.63) is 35.9 Å². The number of carbonyl (C=O) groups is 1. The predicted octanol–water partition coefficient (Wildman–Crippen LogP) is -0.620. The number of carbonyl (C=O) groups excluding carboxylic acids is 1. The van der Waals surface area contributed by atoms with Gasteiger partial charge in [-0.2, -0.15) is 0 Å². The van der Waals surface area contributed by atoms with E-state index in [-0.39, 0.29) is 0 Å². The number of aliphatic hydroxyl groups excluding tert-OH is 1. The third-order valence-electron chi connectivity index (χ3n) is 2.17. The summed E-state index contributed by atoms with van der Waals surface area (Å²) < 4.78 is 31.7. The standard InChI is InChI=1S/C10H13NO5S/c12-7-11-10(8-4-2-1-3-5-8)9(13)6-17(14,15)16/h1-5,7,9-10,13H,6H2,(H,11,12)(H,14,15,16)/p-1. The van der Waals surface area contributed by atoms with E-state index in [2.05, 4.69) is 5.32 Å². The normalized spacial score (nSPS) is 14.9. The van der Waals surface area contributed by atoms with Gasteiger partial charge in [-0.05, 0) is 5.56 Å². The Bertz CT molecular complexity index is 459. The highest BCUT2D eigenvalue weighted by Crippen LogP contribution is 2.17. The number of rotatable bonds is 6. The van der Waals surface area contributed by atoms with Crippen LogP contribution in [0.25, 0.3) is 0 Å². The summed E-state index contributed by atoms with van der Waals surface area (Å²) in [7, 11) is -4.55. The molecule has 0 aliphatic carbocycles. The van der Waals surface area contributed by atoms with E-state index in [0.29, 0.717) is 12.0 Å². The van der Waals surface area contributed by atoms with Crippen molar-refractivity contribution >= 4 is 16.5 Å². The molecule has 0 aliphatic heterocycles. The molecule has 2 N–H and O–H groups in total. The third-order valence-corrected chi connectivity index (χ3v) is 2.92. The Hall–Kier alpha value is -1.44. The third kappa shape index (κ3) is 4.51. The van der Waals surface area contributed by atoms with E-state index >= 15 is 0 Å². The van der Waals surface area contributed by atoms with Gasteiger partial charge < -0.3 is 15.0 Å². The van der Waals surface area contributed by atoms with Gasteiger partial charge in [-0.25, -0.2) is 8.42 Å². The first kappa shape index (κ1) is 13.6. The first-order valence-electron chi connectivity index (χ1n) is 4.80. The average Bonchev–Trinajstić information content (AvgIpc) is 2.24. The van der Waals surface area contributed by atoms with Crippen molar-refractivity contribution in [3.8, 4) is 0 Å². The van der Waals surface area contributed by atoms with Gasteiger partial charge in [-0.1, -0.05) is 30.3 Å². The molecule has 0 heterocycles. The second kappa shape index (κ2) is 5.76. The molecule has 2 unspecified atom stereocenters. The second-order valence-corrected chi connectivity index (χ2v) is 4.91. The lowest BCUT2D eigenvalue weighted by molar-refractivity contribution is -0.110. The molecule has 0 spiro atoms. The Labute approximate surface area is 99.0 Å². The summed E-state index contributed by atoms with van der Waals surface area (Å²) >= 11 is 0. The van der Waals surface area contributed by atoms with Crippen LogP contribution < -0.4 is 5.32 Å². The zero-order chi connectivity index (χ0) is 12.9. The van der Waals surface area contributed by atoms with Crippen LogP contribution in [0.15, 0.2) is 30.3 Å². The molecule has 0 fully saturated rings. The molecule has 0 aliphatic rings. The van der Waals surface area contributed by atoms with Crippen LogP contribution in [0, 0.1) is 0 Å². The van der Waals surface area contributed by atoms with Crippen molar-refractivity contribution in [2.75, 3.05) is 5.75 Å². The molecule has 1 aromatic carbocycles. The van der Waals surface area contributed by atoms with Gasteiger partial charge in [0.1, 0.15) is 0 Å². The van der Waals surface area contributed by atoms with Crippen LogP contribution in [-0.4, -0.2) is 36.3 Å². The first-order chi connectivity index (χ1) is 7.94. The quantitative estimate of drug-likeness (QED) is 0.522. The fraction of sp³-hybridized carbons (Fsp3) is 0.300. The Morgan fingerprint density at radius 2 is 1.94 bits per heavy atom. The monoisotopic (exact) mass is 258 g/mol. The molecular weight excluding hydrogens is 246 g/mol. The number of hydrogen-bond acceptors (Lipinski definition) is 5. The first-order valence-corrected chi connectivity index (χ1v) is 6.38. The topological polar surface area (TPSA) is 107 Å². The molecule has 0 aromatic heterocycles. The molecule has 94 valence electrons. The highest BCUT2D eigenvalue weighted by atomic mass is 32.2. The molecule has 7 heteroatoms. The maximum Gasteiger partial charge on any atom is 0.207 e. The summed E-state index contributed by atoms with van der Waals surface area (Å²) in [5.41, 5.74) is 0.524. The summed E-state index contributed by atoms with van der Waals surface area (Å²) in [5, 5.41) is 11.9. The Balaban J connectivity index is 2.90. The number of amides is 1. The largest absolute Gasteiger partial charge is 0.748 e. The molecule has 1 rings (SSSR count). The molecular formula is C10H12NO5S-. The van der Waals surface area contributed by atoms with E-state index in [0.717, 1.165) is 0 Å². The zero-order valence-electron chi connectivity index (χ0n) is 8.81. The average molecular weight is 258 g/mol. The minimum atomic E-state index is -4.55. The molecule has 1 aromatic rings. The van der Waals surface area contributed by atoms with E-state index in [9.17, 15) is 22.9 Å². The molecule has 0 saturated heterocycles. The van der Waals surface area contributed by atoms with Crippen LogP contribution in [0.4, 0.5) is 0 Å². The second-order valence-electron chi connectivity index (χ2n) is 3.46. The molecule has 0 radical (unpaired) electrons. The number of nitrogens with one attached hydrogen (secondary N) is 1. The van der Waals surface area contributed by atoms with Crippen LogP contribution in [0.5, 0.6) is 0 Å². The van der Waals surface area contributed by atoms with Gasteiger partial charge in [0, 0.05) is 0 Å². The number of aliphatic hydroxyl groups is 1. The van der Waals surface area contributed by atoms with Crippen LogP contribution in [0.1, 0.15) is 11.6 Å². The lowest BCUT2D eigenvalue weighted by atomic mass is 10.0. The summed E-state index contributed by atoms with van der Waals surface area (Å²) in [5.74, 6) is -0.951. The van der Waals surface area contributed by atoms with Crippen LogP contribution in [-0.2, 0) is 14.9 Å². The molecule has 1 amide bonds. The fourth-order valence-electron chi connectivity index (χ4n) is 1.47. The van der Waals surface area contributed by atoms with Gasteiger partial charge in [-0.15, -0.1) is 0 Å². The van der Waals surface area contributed by atoms with Gasteiger partial charge in [-0.3, -0.25) is 4.79 Å². The van der Waals surface area contributed by atoms with Crippen molar-refractivity contribution in [1.82, 2.24) is 5.32 Å². The van der Waals surface area contributed by atoms with Crippen LogP contribution >= 0.6 is 0 Å². The van der Waals surface area contributed by atoms with Gasteiger partial charge in [0.2, 0.25) is 6.41 Å². The highest BCUT2D eigenvalue weighted by molar-refractivity contribution is 7.85. The van der Waals surface area contributed by atoms with Crippen molar-refractivity contribution < 1.29 is 22.9 Å². The van der Waals surface area contributed by atoms with E-state index < -0.39 is 28.0 Å². The molecule has 0 saturated carbocycles. The van der Waals surface area contributed by atoms with E-state index in [1.165, 1.54) is 0 Å². The SMILES string of the molecule is O=CNC(c1ccccc1)C(O)CS(=O)(=O)[O-]. The van der Waals surface area contributed by atoms with Crippen LogP contribution in [0.2, 0.25) is 0 Å². The molecule has 6 nitrogen and oxygen atoms in total. The van der Waals surface area contributed by atoms with Crippen molar-refractivity contribution in [1.29, 1.82) is 0 Å². The maximum absolute atomic E-state index is 10.6. The Morgan fingerprint density at radius 1 is 1.35 bits per heavy atom. The Kier molecular flexibility index (Phi) is 4.62. The minimum Gasteiger partial charge on any atom is -0.748 e. The van der Waals surface area contributed by atoms with Crippen molar-refractivity contribution in [2.24, 2.45) is 0 Å². The number of benzene rings is 1. The summed E-state index contributed by atoms with van der Waals surface area (Å²) in [6, 6.07) is 7.39. The summed E-state index contributed by atoms with van der Waals surface area (Å²) in [4.78, 5) is 10.4. The molecule has 0 bridgehead atoms. The summed E-state index contributed by atoms with van der Waals surface area (Å²) in [6.45, 7) is 0. The summed E-state index contributed by atoms with van der Waals surface area (Å²) in [6.07, 6.45) is -1.14. The van der Waals surface area contributed by atoms with E-state index in [4.69, 9.17) is 0 Å². The smallest absolute Gasteiger partial charge is 0.207 e. The van der Waals surface area contributed by atoms with Crippen molar-refractivity contribution in [3.63, 3.8) is 0 Å². The van der Waals surface area contributed by atoms with Gasteiger partial charge >= 0.3 is 0 Å².